The predicted molar refractivity (Wildman–Crippen MR) is 79.2 cm³/mol. The first-order valence-electron chi connectivity index (χ1n) is 6.98. The summed E-state index contributed by atoms with van der Waals surface area (Å²) in [5, 5.41) is 6.00. The summed E-state index contributed by atoms with van der Waals surface area (Å²) in [6.07, 6.45) is 0.342. The second kappa shape index (κ2) is 9.20. The Morgan fingerprint density at radius 3 is 2.65 bits per heavy atom. The highest BCUT2D eigenvalue weighted by Gasteiger charge is 2.07. The molecule has 1 rings (SSSR count). The zero-order chi connectivity index (χ0) is 14.8. The van der Waals surface area contributed by atoms with Crippen molar-refractivity contribution in [3.05, 3.63) is 23.8 Å². The summed E-state index contributed by atoms with van der Waals surface area (Å²) in [6.45, 7) is 6.64. The van der Waals surface area contributed by atoms with E-state index in [0.29, 0.717) is 31.1 Å². The molecule has 0 aliphatic rings. The van der Waals surface area contributed by atoms with Crippen molar-refractivity contribution in [3.8, 4) is 11.5 Å². The number of carbonyl (C=O) groups excluding carboxylic acids is 1. The van der Waals surface area contributed by atoms with E-state index in [-0.39, 0.29) is 5.91 Å². The lowest BCUT2D eigenvalue weighted by atomic mass is 10.2. The Labute approximate surface area is 120 Å². The van der Waals surface area contributed by atoms with Crippen LogP contribution in [0, 0.1) is 0 Å². The molecule has 0 bridgehead atoms. The van der Waals surface area contributed by atoms with E-state index in [9.17, 15) is 4.79 Å². The molecular formula is C15H24N2O3. The van der Waals surface area contributed by atoms with Crippen LogP contribution in [0.3, 0.4) is 0 Å². The van der Waals surface area contributed by atoms with E-state index in [1.54, 1.807) is 7.11 Å². The van der Waals surface area contributed by atoms with Crippen molar-refractivity contribution in [2.75, 3.05) is 26.8 Å². The van der Waals surface area contributed by atoms with Gasteiger partial charge in [-0.1, -0.05) is 13.0 Å². The SMILES string of the molecule is CCNCc1ccc(OC)c(OCCC(=O)NCC)c1. The molecule has 0 radical (unpaired) electrons. The molecule has 0 atom stereocenters. The first-order chi connectivity index (χ1) is 9.71. The fourth-order valence-corrected chi connectivity index (χ4v) is 1.75. The summed E-state index contributed by atoms with van der Waals surface area (Å²) in [6, 6.07) is 5.82. The van der Waals surface area contributed by atoms with Gasteiger partial charge in [0.15, 0.2) is 11.5 Å². The summed E-state index contributed by atoms with van der Waals surface area (Å²) in [5.41, 5.74) is 1.13. The molecule has 1 amide bonds. The second-order valence-electron chi connectivity index (χ2n) is 4.32. The predicted octanol–water partition coefficient (Wildman–Crippen LogP) is 1.71. The van der Waals surface area contributed by atoms with Crippen LogP contribution >= 0.6 is 0 Å². The molecule has 5 heteroatoms. The standard InChI is InChI=1S/C15H24N2O3/c1-4-16-11-12-6-7-13(19-3)14(10-12)20-9-8-15(18)17-5-2/h6-7,10,16H,4-5,8-9,11H2,1-3H3,(H,17,18). The van der Waals surface area contributed by atoms with Crippen LogP contribution < -0.4 is 20.1 Å². The number of carbonyl (C=O) groups is 1. The molecule has 0 fully saturated rings. The zero-order valence-corrected chi connectivity index (χ0v) is 12.5. The maximum absolute atomic E-state index is 11.4. The average molecular weight is 280 g/mol. The first kappa shape index (κ1) is 16.3. The van der Waals surface area contributed by atoms with Gasteiger partial charge < -0.3 is 20.1 Å². The van der Waals surface area contributed by atoms with Gasteiger partial charge in [0.25, 0.3) is 0 Å². The smallest absolute Gasteiger partial charge is 0.223 e. The van der Waals surface area contributed by atoms with Crippen molar-refractivity contribution in [1.82, 2.24) is 10.6 Å². The quantitative estimate of drug-likeness (QED) is 0.723. The van der Waals surface area contributed by atoms with E-state index in [4.69, 9.17) is 9.47 Å². The molecule has 5 nitrogen and oxygen atoms in total. The largest absolute Gasteiger partial charge is 0.493 e. The second-order valence-corrected chi connectivity index (χ2v) is 4.32. The minimum Gasteiger partial charge on any atom is -0.493 e. The maximum atomic E-state index is 11.4. The Morgan fingerprint density at radius 2 is 2.00 bits per heavy atom. The van der Waals surface area contributed by atoms with Gasteiger partial charge in [-0.05, 0) is 31.2 Å². The van der Waals surface area contributed by atoms with Crippen molar-refractivity contribution < 1.29 is 14.3 Å². The van der Waals surface area contributed by atoms with E-state index < -0.39 is 0 Å². The van der Waals surface area contributed by atoms with Crippen molar-refractivity contribution in [2.24, 2.45) is 0 Å². The van der Waals surface area contributed by atoms with Crippen molar-refractivity contribution in [3.63, 3.8) is 0 Å². The zero-order valence-electron chi connectivity index (χ0n) is 12.5. The molecule has 0 aliphatic carbocycles. The highest BCUT2D eigenvalue weighted by Crippen LogP contribution is 2.28. The summed E-state index contributed by atoms with van der Waals surface area (Å²) in [7, 11) is 1.61. The number of hydrogen-bond acceptors (Lipinski definition) is 4. The van der Waals surface area contributed by atoms with Gasteiger partial charge in [-0.3, -0.25) is 4.79 Å². The molecule has 1 aromatic rings. The Morgan fingerprint density at radius 1 is 1.20 bits per heavy atom. The van der Waals surface area contributed by atoms with E-state index in [2.05, 4.69) is 17.6 Å². The normalized spacial score (nSPS) is 10.2. The van der Waals surface area contributed by atoms with Crippen molar-refractivity contribution in [1.29, 1.82) is 0 Å². The molecule has 2 N–H and O–H groups in total. The first-order valence-corrected chi connectivity index (χ1v) is 6.98. The topological polar surface area (TPSA) is 59.6 Å². The van der Waals surface area contributed by atoms with E-state index >= 15 is 0 Å². The van der Waals surface area contributed by atoms with Gasteiger partial charge in [0.2, 0.25) is 5.91 Å². The number of rotatable bonds is 9. The van der Waals surface area contributed by atoms with Gasteiger partial charge in [-0.2, -0.15) is 0 Å². The molecule has 0 aromatic heterocycles. The lowest BCUT2D eigenvalue weighted by Crippen LogP contribution is -2.24. The summed E-state index contributed by atoms with van der Waals surface area (Å²) >= 11 is 0. The highest BCUT2D eigenvalue weighted by atomic mass is 16.5. The molecule has 0 heterocycles. The summed E-state index contributed by atoms with van der Waals surface area (Å²) in [4.78, 5) is 11.4. The minimum absolute atomic E-state index is 0.00438. The number of methoxy groups -OCH3 is 1. The van der Waals surface area contributed by atoms with Gasteiger partial charge in [0, 0.05) is 13.1 Å². The maximum Gasteiger partial charge on any atom is 0.223 e. The number of ether oxygens (including phenoxy) is 2. The van der Waals surface area contributed by atoms with Gasteiger partial charge in [0.1, 0.15) is 0 Å². The van der Waals surface area contributed by atoms with Crippen LogP contribution in [0.4, 0.5) is 0 Å². The molecule has 1 aromatic carbocycles. The Kier molecular flexibility index (Phi) is 7.50. The third kappa shape index (κ3) is 5.48. The number of benzene rings is 1. The van der Waals surface area contributed by atoms with Crippen LogP contribution in [-0.2, 0) is 11.3 Å². The number of amides is 1. The average Bonchev–Trinajstić information content (AvgIpc) is 2.45. The molecule has 0 spiro atoms. The van der Waals surface area contributed by atoms with Crippen LogP contribution in [0.5, 0.6) is 11.5 Å². The molecule has 0 unspecified atom stereocenters. The molecule has 112 valence electrons. The van der Waals surface area contributed by atoms with Gasteiger partial charge >= 0.3 is 0 Å². The van der Waals surface area contributed by atoms with Crippen LogP contribution in [0.25, 0.3) is 0 Å². The van der Waals surface area contributed by atoms with Crippen molar-refractivity contribution >= 4 is 5.91 Å². The minimum atomic E-state index is -0.00438. The van der Waals surface area contributed by atoms with Gasteiger partial charge in [0.05, 0.1) is 20.1 Å². The molecule has 0 aliphatic heterocycles. The highest BCUT2D eigenvalue weighted by molar-refractivity contribution is 5.75. The Bertz CT molecular complexity index is 422. The van der Waals surface area contributed by atoms with Crippen LogP contribution in [0.2, 0.25) is 0 Å². The molecule has 20 heavy (non-hydrogen) atoms. The van der Waals surface area contributed by atoms with E-state index in [0.717, 1.165) is 18.7 Å². The van der Waals surface area contributed by atoms with Crippen molar-refractivity contribution in [2.45, 2.75) is 26.8 Å². The van der Waals surface area contributed by atoms with E-state index in [1.165, 1.54) is 0 Å². The van der Waals surface area contributed by atoms with Gasteiger partial charge in [-0.25, -0.2) is 0 Å². The fraction of sp³-hybridized carbons (Fsp3) is 0.533. The number of hydrogen-bond donors (Lipinski definition) is 2. The Hall–Kier alpha value is -1.75. The third-order valence-electron chi connectivity index (χ3n) is 2.77. The lowest BCUT2D eigenvalue weighted by molar-refractivity contribution is -0.121. The van der Waals surface area contributed by atoms with Crippen LogP contribution in [-0.4, -0.2) is 32.7 Å². The van der Waals surface area contributed by atoms with Crippen LogP contribution in [0.1, 0.15) is 25.8 Å². The lowest BCUT2D eigenvalue weighted by Gasteiger charge is -2.12. The van der Waals surface area contributed by atoms with Crippen LogP contribution in [0.15, 0.2) is 18.2 Å². The molecular weight excluding hydrogens is 256 g/mol. The fourth-order valence-electron chi connectivity index (χ4n) is 1.75. The number of nitrogens with one attached hydrogen (secondary N) is 2. The monoisotopic (exact) mass is 280 g/mol. The van der Waals surface area contributed by atoms with E-state index in [1.807, 2.05) is 25.1 Å². The van der Waals surface area contributed by atoms with Gasteiger partial charge in [-0.15, -0.1) is 0 Å². The summed E-state index contributed by atoms with van der Waals surface area (Å²) in [5.74, 6) is 1.35. The summed E-state index contributed by atoms with van der Waals surface area (Å²) < 4.78 is 10.9. The third-order valence-corrected chi connectivity index (χ3v) is 2.77. The molecule has 0 saturated carbocycles. The Balaban J connectivity index is 2.59. The molecule has 0 saturated heterocycles.